The Morgan fingerprint density at radius 3 is 2.34 bits per heavy atom. The number of hydrogen-bond donors (Lipinski definition) is 1. The molecule has 1 N–H and O–H groups in total. The van der Waals surface area contributed by atoms with E-state index in [1.807, 2.05) is 31.4 Å². The third kappa shape index (κ3) is 4.03. The van der Waals surface area contributed by atoms with Crippen LogP contribution in [-0.4, -0.2) is 30.9 Å². The van der Waals surface area contributed by atoms with Gasteiger partial charge in [-0.3, -0.25) is 4.79 Å². The van der Waals surface area contributed by atoms with Crippen LogP contribution in [0, 0.1) is 6.92 Å². The molecule has 32 heavy (non-hydrogen) atoms. The van der Waals surface area contributed by atoms with Crippen molar-refractivity contribution < 1.29 is 23.1 Å². The summed E-state index contributed by atoms with van der Waals surface area (Å²) in [5.74, 6) is -0.800. The van der Waals surface area contributed by atoms with Crippen LogP contribution in [0.4, 0.5) is 0 Å². The first kappa shape index (κ1) is 22.1. The Morgan fingerprint density at radius 1 is 1.06 bits per heavy atom. The summed E-state index contributed by atoms with van der Waals surface area (Å²) < 4.78 is 32.7. The molecule has 0 saturated carbocycles. The number of carbonyl (C=O) groups excluding carboxylic acids is 1. The lowest BCUT2D eigenvalue weighted by atomic mass is 10.1. The Hall–Kier alpha value is -3.10. The minimum Gasteiger partial charge on any atom is -0.502 e. The van der Waals surface area contributed by atoms with Crippen molar-refractivity contribution >= 4 is 27.1 Å². The van der Waals surface area contributed by atoms with E-state index in [0.717, 1.165) is 10.4 Å². The van der Waals surface area contributed by atoms with E-state index in [2.05, 4.69) is 0 Å². The largest absolute Gasteiger partial charge is 0.502 e. The fourth-order valence-corrected chi connectivity index (χ4v) is 6.08. The maximum atomic E-state index is 13.6. The van der Waals surface area contributed by atoms with Crippen molar-refractivity contribution in [1.29, 1.82) is 0 Å². The number of hydrogen-bond acceptors (Lipinski definition) is 6. The number of amides is 1. The van der Waals surface area contributed by atoms with Gasteiger partial charge in [0.25, 0.3) is 5.91 Å². The molecule has 1 atom stereocenters. The highest BCUT2D eigenvalue weighted by atomic mass is 32.2. The highest BCUT2D eigenvalue weighted by Crippen LogP contribution is 2.43. The number of aliphatic hydroxyl groups excluding tert-OH is 1. The van der Waals surface area contributed by atoms with E-state index in [1.165, 1.54) is 28.4 Å². The molecule has 0 bridgehead atoms. The van der Waals surface area contributed by atoms with Crippen LogP contribution in [0.3, 0.4) is 0 Å². The third-order valence-electron chi connectivity index (χ3n) is 5.29. The van der Waals surface area contributed by atoms with Gasteiger partial charge in [0.05, 0.1) is 24.1 Å². The minimum absolute atomic E-state index is 0.0337. The Morgan fingerprint density at radius 2 is 1.75 bits per heavy atom. The first-order chi connectivity index (χ1) is 15.3. The average molecular weight is 470 g/mol. The summed E-state index contributed by atoms with van der Waals surface area (Å²) in [6.45, 7) is 4.42. The van der Waals surface area contributed by atoms with Gasteiger partial charge >= 0.3 is 0 Å². The molecule has 2 heterocycles. The van der Waals surface area contributed by atoms with E-state index in [0.29, 0.717) is 17.9 Å². The van der Waals surface area contributed by atoms with Crippen molar-refractivity contribution in [3.05, 3.63) is 92.7 Å². The molecule has 0 saturated heterocycles. The summed E-state index contributed by atoms with van der Waals surface area (Å²) in [7, 11) is -4.13. The topological polar surface area (TPSA) is 83.9 Å². The molecule has 1 aromatic heterocycles. The number of aliphatic hydroxyl groups is 1. The van der Waals surface area contributed by atoms with E-state index in [-0.39, 0.29) is 16.3 Å². The quantitative estimate of drug-likeness (QED) is 0.538. The summed E-state index contributed by atoms with van der Waals surface area (Å²) in [5.41, 5.74) is 1.49. The first-order valence-electron chi connectivity index (χ1n) is 10.1. The molecule has 0 aliphatic carbocycles. The van der Waals surface area contributed by atoms with Crippen molar-refractivity contribution in [3.8, 4) is 5.75 Å². The van der Waals surface area contributed by atoms with Gasteiger partial charge in [-0.15, -0.1) is 11.3 Å². The van der Waals surface area contributed by atoms with Gasteiger partial charge in [0, 0.05) is 4.88 Å². The van der Waals surface area contributed by atoms with Crippen LogP contribution in [0.1, 0.15) is 29.0 Å². The van der Waals surface area contributed by atoms with Crippen molar-refractivity contribution in [2.24, 2.45) is 0 Å². The van der Waals surface area contributed by atoms with Crippen LogP contribution < -0.4 is 4.74 Å². The average Bonchev–Trinajstić information content (AvgIpc) is 3.37. The number of ether oxygens (including phenoxy) is 1. The zero-order valence-corrected chi connectivity index (χ0v) is 19.3. The molecule has 0 fully saturated rings. The third-order valence-corrected chi connectivity index (χ3v) is 8.04. The molecule has 1 aliphatic heterocycles. The molecule has 1 amide bonds. The van der Waals surface area contributed by atoms with E-state index < -0.39 is 27.5 Å². The predicted molar refractivity (Wildman–Crippen MR) is 123 cm³/mol. The van der Waals surface area contributed by atoms with Gasteiger partial charge in [-0.1, -0.05) is 35.9 Å². The van der Waals surface area contributed by atoms with Crippen molar-refractivity contribution in [1.82, 2.24) is 4.90 Å². The normalized spacial score (nSPS) is 16.6. The van der Waals surface area contributed by atoms with E-state index in [1.54, 1.807) is 36.4 Å². The summed E-state index contributed by atoms with van der Waals surface area (Å²) >= 11 is 1.46. The summed E-state index contributed by atoms with van der Waals surface area (Å²) in [5, 5.41) is 12.7. The van der Waals surface area contributed by atoms with E-state index in [4.69, 9.17) is 4.74 Å². The highest BCUT2D eigenvalue weighted by molar-refractivity contribution is 7.95. The molecule has 0 spiro atoms. The number of nitrogens with zero attached hydrogens (tertiary/aromatic N) is 1. The lowest BCUT2D eigenvalue weighted by Crippen LogP contribution is -2.30. The van der Waals surface area contributed by atoms with E-state index in [9.17, 15) is 18.3 Å². The van der Waals surface area contributed by atoms with Crippen LogP contribution in [0.25, 0.3) is 0 Å². The molecule has 2 aromatic carbocycles. The predicted octanol–water partition coefficient (Wildman–Crippen LogP) is 4.78. The molecule has 0 radical (unpaired) electrons. The SMILES string of the molecule is CCOc1ccc(C2C(S(=O)(=O)c3ccc(C)cc3)=C(O)C(=O)N2Cc2cccs2)cc1. The summed E-state index contributed by atoms with van der Waals surface area (Å²) in [4.78, 5) is 15.1. The van der Waals surface area contributed by atoms with Gasteiger partial charge in [-0.25, -0.2) is 8.42 Å². The zero-order chi connectivity index (χ0) is 22.9. The molecule has 166 valence electrons. The monoisotopic (exact) mass is 469 g/mol. The molecule has 8 heteroatoms. The van der Waals surface area contributed by atoms with Crippen LogP contribution in [0.2, 0.25) is 0 Å². The molecular weight excluding hydrogens is 446 g/mol. The number of thiophene rings is 1. The molecule has 6 nitrogen and oxygen atoms in total. The number of carbonyl (C=O) groups is 1. The number of rotatable bonds is 7. The fraction of sp³-hybridized carbons (Fsp3) is 0.208. The van der Waals surface area contributed by atoms with Gasteiger partial charge in [0.2, 0.25) is 9.84 Å². The smallest absolute Gasteiger partial charge is 0.290 e. The molecule has 1 unspecified atom stereocenters. The second-order valence-corrected chi connectivity index (χ2v) is 10.4. The molecular formula is C24H23NO5S2. The Balaban J connectivity index is 1.83. The Labute approximate surface area is 191 Å². The number of benzene rings is 2. The van der Waals surface area contributed by atoms with Crippen molar-refractivity contribution in [3.63, 3.8) is 0 Å². The summed E-state index contributed by atoms with van der Waals surface area (Å²) in [6, 6.07) is 16.1. The zero-order valence-electron chi connectivity index (χ0n) is 17.7. The first-order valence-corrected chi connectivity index (χ1v) is 12.5. The van der Waals surface area contributed by atoms with Crippen molar-refractivity contribution in [2.75, 3.05) is 6.61 Å². The maximum absolute atomic E-state index is 13.6. The number of aryl methyl sites for hydroxylation is 1. The molecule has 4 rings (SSSR count). The maximum Gasteiger partial charge on any atom is 0.290 e. The van der Waals surface area contributed by atoms with E-state index >= 15 is 0 Å². The lowest BCUT2D eigenvalue weighted by molar-refractivity contribution is -0.130. The standard InChI is InChI=1S/C24H23NO5S2/c1-3-30-18-10-8-17(9-11-18)21-23(32(28,29)20-12-6-16(2)7-13-20)22(26)24(27)25(21)15-19-5-4-14-31-19/h4-14,21,26H,3,15H2,1-2H3. The van der Waals surface area contributed by atoms with Crippen LogP contribution in [0.15, 0.2) is 81.6 Å². The Bertz CT molecular complexity index is 1240. The second kappa shape index (κ2) is 8.80. The van der Waals surface area contributed by atoms with Gasteiger partial charge in [0.15, 0.2) is 5.76 Å². The number of sulfone groups is 1. The van der Waals surface area contributed by atoms with Crippen LogP contribution in [-0.2, 0) is 21.2 Å². The Kier molecular flexibility index (Phi) is 6.08. The second-order valence-electron chi connectivity index (χ2n) is 7.45. The van der Waals surface area contributed by atoms with Crippen LogP contribution >= 0.6 is 11.3 Å². The minimum atomic E-state index is -4.13. The highest BCUT2D eigenvalue weighted by Gasteiger charge is 2.46. The van der Waals surface area contributed by atoms with Gasteiger partial charge in [-0.05, 0) is 55.1 Å². The van der Waals surface area contributed by atoms with Crippen molar-refractivity contribution in [2.45, 2.75) is 31.3 Å². The molecule has 3 aromatic rings. The fourth-order valence-electron chi connectivity index (χ4n) is 3.73. The lowest BCUT2D eigenvalue weighted by Gasteiger charge is -2.26. The van der Waals surface area contributed by atoms with Crippen LogP contribution in [0.5, 0.6) is 5.75 Å². The van der Waals surface area contributed by atoms with Gasteiger partial charge in [0.1, 0.15) is 10.7 Å². The molecule has 1 aliphatic rings. The van der Waals surface area contributed by atoms with Gasteiger partial charge in [-0.2, -0.15) is 0 Å². The summed E-state index contributed by atoms with van der Waals surface area (Å²) in [6.07, 6.45) is 0. The van der Waals surface area contributed by atoms with Gasteiger partial charge < -0.3 is 14.7 Å².